The molecular formula is C13H24O6Si2. The zero-order valence-electron chi connectivity index (χ0n) is 13.7. The SMILES string of the molecule is CO[Si](OC)(OC)c1cccc(C)c1[Si](OC)(OC)OC. The molecule has 1 aromatic rings. The Morgan fingerprint density at radius 2 is 1.10 bits per heavy atom. The Balaban J connectivity index is 3.66. The fraction of sp³-hybridized carbons (Fsp3) is 0.538. The van der Waals surface area contributed by atoms with Crippen molar-refractivity contribution in [2.24, 2.45) is 0 Å². The highest BCUT2D eigenvalue weighted by Gasteiger charge is 2.52. The highest BCUT2D eigenvalue weighted by atomic mass is 28.4. The Hall–Kier alpha value is -0.586. The van der Waals surface area contributed by atoms with Crippen LogP contribution in [0.5, 0.6) is 0 Å². The zero-order chi connectivity index (χ0) is 16.1. The lowest BCUT2D eigenvalue weighted by Gasteiger charge is -2.32. The first kappa shape index (κ1) is 18.5. The molecule has 0 saturated carbocycles. The molecule has 120 valence electrons. The third kappa shape index (κ3) is 3.12. The van der Waals surface area contributed by atoms with Gasteiger partial charge in [-0.3, -0.25) is 0 Å². The largest absolute Gasteiger partial charge is 0.536 e. The molecule has 0 aliphatic rings. The lowest BCUT2D eigenvalue weighted by molar-refractivity contribution is 0.134. The van der Waals surface area contributed by atoms with Crippen LogP contribution < -0.4 is 10.4 Å². The van der Waals surface area contributed by atoms with Gasteiger partial charge in [-0.2, -0.15) is 0 Å². The Kier molecular flexibility index (Phi) is 6.69. The fourth-order valence-electron chi connectivity index (χ4n) is 2.47. The van der Waals surface area contributed by atoms with E-state index in [1.807, 2.05) is 25.1 Å². The molecule has 0 atom stereocenters. The Morgan fingerprint density at radius 3 is 1.48 bits per heavy atom. The van der Waals surface area contributed by atoms with Gasteiger partial charge in [-0.05, 0) is 12.5 Å². The van der Waals surface area contributed by atoms with Gasteiger partial charge in [0.2, 0.25) is 0 Å². The monoisotopic (exact) mass is 332 g/mol. The highest BCUT2D eigenvalue weighted by molar-refractivity contribution is 6.86. The van der Waals surface area contributed by atoms with Crippen molar-refractivity contribution in [1.82, 2.24) is 0 Å². The van der Waals surface area contributed by atoms with Crippen molar-refractivity contribution in [1.29, 1.82) is 0 Å². The topological polar surface area (TPSA) is 55.4 Å². The molecule has 6 nitrogen and oxygen atoms in total. The molecular weight excluding hydrogens is 308 g/mol. The fourth-order valence-corrected chi connectivity index (χ4v) is 7.44. The van der Waals surface area contributed by atoms with Crippen LogP contribution in [0.2, 0.25) is 0 Å². The molecule has 0 N–H and O–H groups in total. The molecule has 0 radical (unpaired) electrons. The molecule has 0 bridgehead atoms. The van der Waals surface area contributed by atoms with Crippen molar-refractivity contribution in [3.8, 4) is 0 Å². The van der Waals surface area contributed by atoms with Gasteiger partial charge >= 0.3 is 17.6 Å². The summed E-state index contributed by atoms with van der Waals surface area (Å²) in [6.07, 6.45) is 0. The van der Waals surface area contributed by atoms with E-state index in [0.717, 1.165) is 15.9 Å². The molecule has 0 aliphatic heterocycles. The van der Waals surface area contributed by atoms with Gasteiger partial charge in [0.1, 0.15) is 0 Å². The number of hydrogen-bond acceptors (Lipinski definition) is 6. The van der Waals surface area contributed by atoms with Crippen LogP contribution in [0.4, 0.5) is 0 Å². The maximum absolute atomic E-state index is 5.62. The molecule has 0 aliphatic carbocycles. The first-order valence-electron chi connectivity index (χ1n) is 6.42. The van der Waals surface area contributed by atoms with E-state index in [-0.39, 0.29) is 0 Å². The van der Waals surface area contributed by atoms with Crippen molar-refractivity contribution < 1.29 is 26.6 Å². The summed E-state index contributed by atoms with van der Waals surface area (Å²) < 4.78 is 33.7. The summed E-state index contributed by atoms with van der Waals surface area (Å²) in [5, 5.41) is 1.63. The minimum Gasteiger partial charge on any atom is -0.373 e. The standard InChI is InChI=1S/C13H24O6Si2/c1-11-9-8-10-12(20(14-2,15-3)16-4)13(11)21(17-5,18-6)19-7/h8-10H,1-7H3. The summed E-state index contributed by atoms with van der Waals surface area (Å²) in [7, 11) is 3.35. The smallest absolute Gasteiger partial charge is 0.373 e. The predicted octanol–water partition coefficient (Wildman–Crippen LogP) is 0.165. The van der Waals surface area contributed by atoms with Gasteiger partial charge in [0.25, 0.3) is 0 Å². The van der Waals surface area contributed by atoms with Gasteiger partial charge < -0.3 is 26.6 Å². The third-order valence-electron chi connectivity index (χ3n) is 3.52. The van der Waals surface area contributed by atoms with Gasteiger partial charge in [0.05, 0.1) is 0 Å². The van der Waals surface area contributed by atoms with E-state index in [4.69, 9.17) is 26.6 Å². The summed E-state index contributed by atoms with van der Waals surface area (Å²) in [5.74, 6) is 0. The molecule has 0 amide bonds. The Morgan fingerprint density at radius 1 is 0.667 bits per heavy atom. The second-order valence-electron chi connectivity index (χ2n) is 4.33. The van der Waals surface area contributed by atoms with Crippen LogP contribution in [-0.2, 0) is 26.6 Å². The van der Waals surface area contributed by atoms with Crippen LogP contribution in [-0.4, -0.2) is 60.3 Å². The average Bonchev–Trinajstić information content (AvgIpc) is 2.53. The van der Waals surface area contributed by atoms with Crippen LogP contribution in [0.15, 0.2) is 18.2 Å². The number of aryl methyl sites for hydroxylation is 1. The Labute approximate surface area is 128 Å². The molecule has 1 rings (SSSR count). The first-order valence-corrected chi connectivity index (χ1v) is 9.87. The maximum atomic E-state index is 5.62. The van der Waals surface area contributed by atoms with Gasteiger partial charge in [-0.1, -0.05) is 18.2 Å². The summed E-state index contributed by atoms with van der Waals surface area (Å²) >= 11 is 0. The van der Waals surface area contributed by atoms with Crippen LogP contribution in [0.1, 0.15) is 5.56 Å². The summed E-state index contributed by atoms with van der Waals surface area (Å²) in [6.45, 7) is 1.97. The summed E-state index contributed by atoms with van der Waals surface area (Å²) in [5.41, 5.74) is 0.979. The van der Waals surface area contributed by atoms with Crippen LogP contribution >= 0.6 is 0 Å². The minimum atomic E-state index is -3.05. The molecule has 1 aromatic carbocycles. The molecule has 21 heavy (non-hydrogen) atoms. The van der Waals surface area contributed by atoms with E-state index < -0.39 is 17.6 Å². The van der Waals surface area contributed by atoms with E-state index >= 15 is 0 Å². The predicted molar refractivity (Wildman–Crippen MR) is 84.0 cm³/mol. The van der Waals surface area contributed by atoms with Gasteiger partial charge in [-0.15, -0.1) is 0 Å². The van der Waals surface area contributed by atoms with E-state index in [1.54, 1.807) is 42.7 Å². The second kappa shape index (κ2) is 7.61. The maximum Gasteiger partial charge on any atom is 0.536 e. The van der Waals surface area contributed by atoms with Gasteiger partial charge in [0.15, 0.2) is 0 Å². The van der Waals surface area contributed by atoms with Crippen LogP contribution in [0.3, 0.4) is 0 Å². The average molecular weight is 333 g/mol. The van der Waals surface area contributed by atoms with E-state index in [1.165, 1.54) is 0 Å². The molecule has 0 unspecified atom stereocenters. The molecule has 0 fully saturated rings. The van der Waals surface area contributed by atoms with Crippen LogP contribution in [0.25, 0.3) is 0 Å². The van der Waals surface area contributed by atoms with E-state index in [9.17, 15) is 0 Å². The molecule has 0 saturated heterocycles. The van der Waals surface area contributed by atoms with Gasteiger partial charge in [-0.25, -0.2) is 0 Å². The molecule has 0 aromatic heterocycles. The lowest BCUT2D eigenvalue weighted by atomic mass is 10.2. The van der Waals surface area contributed by atoms with Crippen LogP contribution in [0, 0.1) is 6.92 Å². The second-order valence-corrected chi connectivity index (χ2v) is 10.0. The van der Waals surface area contributed by atoms with E-state index in [2.05, 4.69) is 0 Å². The minimum absolute atomic E-state index is 0.798. The quantitative estimate of drug-likeness (QED) is 0.633. The third-order valence-corrected chi connectivity index (χ3v) is 9.35. The van der Waals surface area contributed by atoms with Crippen molar-refractivity contribution in [3.63, 3.8) is 0 Å². The van der Waals surface area contributed by atoms with Crippen molar-refractivity contribution in [2.75, 3.05) is 42.7 Å². The number of hydrogen-bond donors (Lipinski definition) is 0. The molecule has 0 spiro atoms. The molecule has 0 heterocycles. The number of benzene rings is 1. The molecule has 8 heteroatoms. The summed E-state index contributed by atoms with van der Waals surface area (Å²) in [6, 6.07) is 5.80. The Bertz CT molecular complexity index is 443. The normalized spacial score (nSPS) is 12.7. The van der Waals surface area contributed by atoms with Crippen molar-refractivity contribution in [3.05, 3.63) is 23.8 Å². The van der Waals surface area contributed by atoms with Gasteiger partial charge in [0, 0.05) is 53.0 Å². The van der Waals surface area contributed by atoms with Crippen molar-refractivity contribution in [2.45, 2.75) is 6.92 Å². The van der Waals surface area contributed by atoms with Crippen molar-refractivity contribution >= 4 is 28.0 Å². The van der Waals surface area contributed by atoms with E-state index in [0.29, 0.717) is 0 Å². The zero-order valence-corrected chi connectivity index (χ0v) is 15.7. The lowest BCUT2D eigenvalue weighted by Crippen LogP contribution is -2.69. The highest BCUT2D eigenvalue weighted by Crippen LogP contribution is 2.14. The summed E-state index contributed by atoms with van der Waals surface area (Å²) in [4.78, 5) is 0. The first-order chi connectivity index (χ1) is 10.0. The number of rotatable bonds is 8.